The van der Waals surface area contributed by atoms with Crippen molar-refractivity contribution >= 4 is 21.7 Å². The molecule has 176 valence electrons. The molecule has 34 heavy (non-hydrogen) atoms. The van der Waals surface area contributed by atoms with Crippen LogP contribution in [0.2, 0.25) is 0 Å². The van der Waals surface area contributed by atoms with Gasteiger partial charge in [-0.05, 0) is 32.9 Å². The number of rotatable bonds is 7. The molecule has 1 saturated heterocycles. The monoisotopic (exact) mass is 476 g/mol. The van der Waals surface area contributed by atoms with E-state index < -0.39 is 33.6 Å². The number of carbonyl (C=O) groups excluding carboxylic acids is 1. The van der Waals surface area contributed by atoms with Gasteiger partial charge in [-0.1, -0.05) is 78.4 Å². The lowest BCUT2D eigenvalue weighted by Gasteiger charge is -2.15. The highest BCUT2D eigenvalue weighted by Gasteiger charge is 2.67. The minimum Gasteiger partial charge on any atom is -0.467 e. The highest BCUT2D eigenvalue weighted by molar-refractivity contribution is 7.89. The van der Waals surface area contributed by atoms with Gasteiger partial charge in [0.25, 0.3) is 0 Å². The molecule has 3 aromatic carbocycles. The van der Waals surface area contributed by atoms with E-state index in [9.17, 15) is 13.2 Å². The summed E-state index contributed by atoms with van der Waals surface area (Å²) in [6.45, 7) is 5.51. The van der Waals surface area contributed by atoms with Gasteiger partial charge in [-0.15, -0.1) is 0 Å². The first-order valence-electron chi connectivity index (χ1n) is 11.1. The average Bonchev–Trinajstić information content (AvgIpc) is 3.43. The van der Waals surface area contributed by atoms with Crippen LogP contribution in [0.1, 0.15) is 30.5 Å². The van der Waals surface area contributed by atoms with Gasteiger partial charge >= 0.3 is 5.97 Å². The average molecular weight is 477 g/mol. The third kappa shape index (κ3) is 4.41. The smallest absolute Gasteiger partial charge is 0.332 e. The fourth-order valence-electron chi connectivity index (χ4n) is 4.30. The van der Waals surface area contributed by atoms with Gasteiger partial charge in [-0.25, -0.2) is 13.2 Å². The highest BCUT2D eigenvalue weighted by Crippen LogP contribution is 2.48. The van der Waals surface area contributed by atoms with Crippen LogP contribution in [0.3, 0.4) is 0 Å². The quantitative estimate of drug-likeness (QED) is 0.291. The van der Waals surface area contributed by atoms with Crippen molar-refractivity contribution in [3.63, 3.8) is 0 Å². The van der Waals surface area contributed by atoms with Gasteiger partial charge in [0, 0.05) is 11.1 Å². The molecule has 7 heteroatoms. The molecule has 4 rings (SSSR count). The van der Waals surface area contributed by atoms with E-state index in [1.54, 1.807) is 38.1 Å². The van der Waals surface area contributed by atoms with Crippen LogP contribution in [-0.4, -0.2) is 49.1 Å². The number of esters is 1. The zero-order valence-corrected chi connectivity index (χ0v) is 20.5. The normalized spacial score (nSPS) is 19.6. The van der Waals surface area contributed by atoms with E-state index in [0.29, 0.717) is 5.71 Å². The molecule has 3 atom stereocenters. The number of aliphatic imine (C=N–C) groups is 1. The fourth-order valence-corrected chi connectivity index (χ4v) is 6.36. The fraction of sp³-hybridized carbons (Fsp3) is 0.259. The predicted molar refractivity (Wildman–Crippen MR) is 132 cm³/mol. The first kappa shape index (κ1) is 23.9. The van der Waals surface area contributed by atoms with E-state index in [0.717, 1.165) is 16.7 Å². The summed E-state index contributed by atoms with van der Waals surface area (Å²) in [5, 5.41) is 0. The van der Waals surface area contributed by atoms with E-state index in [1.807, 2.05) is 67.6 Å². The van der Waals surface area contributed by atoms with Crippen molar-refractivity contribution in [2.24, 2.45) is 4.99 Å². The summed E-state index contributed by atoms with van der Waals surface area (Å²) in [5.41, 5.74) is 2.41. The maximum atomic E-state index is 13.5. The number of benzene rings is 3. The van der Waals surface area contributed by atoms with Gasteiger partial charge in [-0.3, -0.25) is 4.99 Å². The van der Waals surface area contributed by atoms with Crippen LogP contribution < -0.4 is 0 Å². The van der Waals surface area contributed by atoms with Crippen molar-refractivity contribution in [1.82, 2.24) is 4.31 Å². The van der Waals surface area contributed by atoms with Crippen LogP contribution >= 0.6 is 0 Å². The Hall–Kier alpha value is -3.29. The van der Waals surface area contributed by atoms with E-state index in [4.69, 9.17) is 9.73 Å². The Bertz CT molecular complexity index is 1260. The van der Waals surface area contributed by atoms with Gasteiger partial charge < -0.3 is 4.74 Å². The third-order valence-electron chi connectivity index (χ3n) is 6.16. The van der Waals surface area contributed by atoms with E-state index in [-0.39, 0.29) is 4.90 Å². The number of nitrogens with zero attached hydrogens (tertiary/aromatic N) is 2. The molecule has 0 radical (unpaired) electrons. The third-order valence-corrected chi connectivity index (χ3v) is 8.24. The number of carbonyl (C=O) groups is 1. The highest BCUT2D eigenvalue weighted by atomic mass is 32.2. The van der Waals surface area contributed by atoms with Crippen LogP contribution in [0.15, 0.2) is 94.8 Å². The first-order chi connectivity index (χ1) is 16.2. The molecule has 0 aliphatic carbocycles. The predicted octanol–water partition coefficient (Wildman–Crippen LogP) is 4.23. The molecular formula is C27H28N2O4S. The zero-order valence-electron chi connectivity index (χ0n) is 19.7. The summed E-state index contributed by atoms with van der Waals surface area (Å²) in [4.78, 5) is 18.0. The molecule has 6 nitrogen and oxygen atoms in total. The molecular weight excluding hydrogens is 448 g/mol. The maximum absolute atomic E-state index is 13.5. The minimum absolute atomic E-state index is 0.188. The maximum Gasteiger partial charge on any atom is 0.332 e. The lowest BCUT2D eigenvalue weighted by atomic mass is 10.00. The minimum atomic E-state index is -3.83. The number of sulfonamides is 1. The lowest BCUT2D eigenvalue weighted by Crippen LogP contribution is -2.32. The van der Waals surface area contributed by atoms with Crippen LogP contribution in [0.25, 0.3) is 0 Å². The number of aryl methyl sites for hydroxylation is 1. The summed E-state index contributed by atoms with van der Waals surface area (Å²) in [5.74, 6) is -0.580. The van der Waals surface area contributed by atoms with Crippen molar-refractivity contribution in [2.75, 3.05) is 7.11 Å². The Morgan fingerprint density at radius 3 is 1.88 bits per heavy atom. The number of hydrogen-bond donors (Lipinski definition) is 0. The summed E-state index contributed by atoms with van der Waals surface area (Å²) < 4.78 is 33.5. The Labute approximate surface area is 201 Å². The van der Waals surface area contributed by atoms with Crippen molar-refractivity contribution < 1.29 is 17.9 Å². The Morgan fingerprint density at radius 1 is 0.912 bits per heavy atom. The summed E-state index contributed by atoms with van der Waals surface area (Å²) in [6, 6.07) is 24.1. The molecule has 1 unspecified atom stereocenters. The van der Waals surface area contributed by atoms with E-state index in [1.165, 1.54) is 11.4 Å². The Morgan fingerprint density at radius 2 is 1.41 bits per heavy atom. The number of methoxy groups -OCH3 is 1. The van der Waals surface area contributed by atoms with Crippen LogP contribution in [-0.2, 0) is 19.6 Å². The first-order valence-corrected chi connectivity index (χ1v) is 12.5. The van der Waals surface area contributed by atoms with Gasteiger partial charge in [0.05, 0.1) is 29.3 Å². The van der Waals surface area contributed by atoms with Gasteiger partial charge in [0.1, 0.15) is 0 Å². The molecule has 0 amide bonds. The molecule has 0 saturated carbocycles. The standard InChI is InChI=1S/C27H28N2O4S/c1-19-15-17-22(18-16-19)34(31,32)29-25(27(29,2)3)24(26(30)33-4)28-23(20-11-7-5-8-12-20)21-13-9-6-10-14-21/h5-18,24-25H,1-4H3/t24-,25-,29?/m0/s1. The molecule has 1 aliphatic heterocycles. The lowest BCUT2D eigenvalue weighted by molar-refractivity contribution is -0.142. The number of hydrogen-bond acceptors (Lipinski definition) is 5. The van der Waals surface area contributed by atoms with E-state index in [2.05, 4.69) is 0 Å². The number of ether oxygens (including phenoxy) is 1. The molecule has 0 bridgehead atoms. The van der Waals surface area contributed by atoms with Crippen molar-refractivity contribution in [2.45, 2.75) is 43.3 Å². The molecule has 1 aliphatic rings. The van der Waals surface area contributed by atoms with Gasteiger partial charge in [-0.2, -0.15) is 4.31 Å². The van der Waals surface area contributed by atoms with Gasteiger partial charge in [0.2, 0.25) is 10.0 Å². The second-order valence-corrected chi connectivity index (χ2v) is 10.7. The molecule has 0 spiro atoms. The SMILES string of the molecule is COC(=O)[C@@H](N=C(c1ccccc1)c1ccccc1)[C@@H]1N(S(=O)(=O)c2ccc(C)cc2)C1(C)C. The Kier molecular flexibility index (Phi) is 6.43. The molecule has 0 N–H and O–H groups in total. The molecule has 3 aromatic rings. The van der Waals surface area contributed by atoms with Crippen molar-refractivity contribution in [3.8, 4) is 0 Å². The zero-order chi connectivity index (χ0) is 24.5. The second-order valence-electron chi connectivity index (χ2n) is 8.89. The van der Waals surface area contributed by atoms with Crippen LogP contribution in [0.4, 0.5) is 0 Å². The van der Waals surface area contributed by atoms with Crippen molar-refractivity contribution in [3.05, 3.63) is 102 Å². The second kappa shape index (κ2) is 9.16. The summed E-state index contributed by atoms with van der Waals surface area (Å²) >= 11 is 0. The topological polar surface area (TPSA) is 75.8 Å². The van der Waals surface area contributed by atoms with Crippen molar-refractivity contribution in [1.29, 1.82) is 0 Å². The summed E-state index contributed by atoms with van der Waals surface area (Å²) in [6.07, 6.45) is 0. The van der Waals surface area contributed by atoms with Crippen LogP contribution in [0.5, 0.6) is 0 Å². The molecule has 1 heterocycles. The van der Waals surface area contributed by atoms with Gasteiger partial charge in [0.15, 0.2) is 6.04 Å². The Balaban J connectivity index is 1.81. The molecule has 0 aromatic heterocycles. The molecule has 1 fully saturated rings. The summed E-state index contributed by atoms with van der Waals surface area (Å²) in [7, 11) is -2.54. The largest absolute Gasteiger partial charge is 0.467 e. The van der Waals surface area contributed by atoms with E-state index >= 15 is 0 Å². The van der Waals surface area contributed by atoms with Crippen LogP contribution in [0, 0.1) is 6.92 Å².